The van der Waals surface area contributed by atoms with E-state index in [1.54, 1.807) is 0 Å². The van der Waals surface area contributed by atoms with Crippen LogP contribution in [0.25, 0.3) is 0 Å². The molecule has 2 N–H and O–H groups in total. The Bertz CT molecular complexity index is 574. The summed E-state index contributed by atoms with van der Waals surface area (Å²) in [6, 6.07) is 10.8. The Kier molecular flexibility index (Phi) is 2.44. The second-order valence-electron chi connectivity index (χ2n) is 4.78. The van der Waals surface area contributed by atoms with Crippen LogP contribution in [0.3, 0.4) is 0 Å². The maximum Gasteiger partial charge on any atom is 0.222 e. The van der Waals surface area contributed by atoms with Gasteiger partial charge in [-0.05, 0) is 31.9 Å². The van der Waals surface area contributed by atoms with Crippen molar-refractivity contribution in [3.63, 3.8) is 0 Å². The SMILES string of the molecule is Cc1cc(N2c3ccccc3CC2C)nc(N)n1. The molecule has 18 heavy (non-hydrogen) atoms. The minimum Gasteiger partial charge on any atom is -0.368 e. The minimum atomic E-state index is 0.335. The molecule has 0 saturated heterocycles. The Hall–Kier alpha value is -2.10. The zero-order chi connectivity index (χ0) is 12.7. The number of hydrogen-bond acceptors (Lipinski definition) is 4. The van der Waals surface area contributed by atoms with Gasteiger partial charge >= 0.3 is 0 Å². The molecule has 4 heteroatoms. The van der Waals surface area contributed by atoms with E-state index in [4.69, 9.17) is 5.73 Å². The van der Waals surface area contributed by atoms with Crippen LogP contribution in [0.1, 0.15) is 18.2 Å². The third-order valence-corrected chi connectivity index (χ3v) is 3.31. The Morgan fingerprint density at radius 3 is 2.83 bits per heavy atom. The van der Waals surface area contributed by atoms with Gasteiger partial charge in [0.05, 0.1) is 0 Å². The third-order valence-electron chi connectivity index (χ3n) is 3.31. The van der Waals surface area contributed by atoms with Gasteiger partial charge < -0.3 is 10.6 Å². The number of aryl methyl sites for hydroxylation is 1. The van der Waals surface area contributed by atoms with Crippen LogP contribution in [0.5, 0.6) is 0 Å². The van der Waals surface area contributed by atoms with Crippen LogP contribution in [0.2, 0.25) is 0 Å². The standard InChI is InChI=1S/C14H16N4/c1-9-7-13(17-14(15)16-9)18-10(2)8-11-5-3-4-6-12(11)18/h3-7,10H,8H2,1-2H3,(H2,15,16,17). The third kappa shape index (κ3) is 1.70. The highest BCUT2D eigenvalue weighted by molar-refractivity contribution is 5.69. The van der Waals surface area contributed by atoms with Crippen LogP contribution in [0, 0.1) is 6.92 Å². The number of fused-ring (bicyclic) bond motifs is 1. The highest BCUT2D eigenvalue weighted by atomic mass is 15.2. The smallest absolute Gasteiger partial charge is 0.222 e. The van der Waals surface area contributed by atoms with Crippen LogP contribution < -0.4 is 10.6 Å². The van der Waals surface area contributed by atoms with Gasteiger partial charge in [0, 0.05) is 23.5 Å². The molecule has 1 unspecified atom stereocenters. The van der Waals surface area contributed by atoms with E-state index in [1.807, 2.05) is 13.0 Å². The predicted octanol–water partition coefficient (Wildman–Crippen LogP) is 2.45. The summed E-state index contributed by atoms with van der Waals surface area (Å²) in [5.41, 5.74) is 9.23. The molecule has 1 aliphatic rings. The molecule has 0 saturated carbocycles. The zero-order valence-corrected chi connectivity index (χ0v) is 10.6. The number of nitrogens with two attached hydrogens (primary N) is 1. The summed E-state index contributed by atoms with van der Waals surface area (Å²) in [4.78, 5) is 10.7. The average molecular weight is 240 g/mol. The van der Waals surface area contributed by atoms with E-state index in [0.29, 0.717) is 12.0 Å². The van der Waals surface area contributed by atoms with Gasteiger partial charge in [0.15, 0.2) is 0 Å². The van der Waals surface area contributed by atoms with Crippen molar-refractivity contribution in [2.24, 2.45) is 0 Å². The monoisotopic (exact) mass is 240 g/mol. The number of para-hydroxylation sites is 1. The van der Waals surface area contributed by atoms with Gasteiger partial charge in [0.1, 0.15) is 5.82 Å². The van der Waals surface area contributed by atoms with Gasteiger partial charge in [-0.25, -0.2) is 4.98 Å². The van der Waals surface area contributed by atoms with E-state index in [0.717, 1.165) is 17.9 Å². The molecule has 1 aromatic heterocycles. The Morgan fingerprint density at radius 2 is 2.06 bits per heavy atom. The number of anilines is 3. The van der Waals surface area contributed by atoms with Crippen LogP contribution >= 0.6 is 0 Å². The number of hydrogen-bond donors (Lipinski definition) is 1. The maximum absolute atomic E-state index is 5.74. The molecule has 0 spiro atoms. The molecule has 0 fully saturated rings. The van der Waals surface area contributed by atoms with E-state index < -0.39 is 0 Å². The van der Waals surface area contributed by atoms with Crippen molar-refractivity contribution in [1.29, 1.82) is 0 Å². The molecule has 0 bridgehead atoms. The zero-order valence-electron chi connectivity index (χ0n) is 10.6. The lowest BCUT2D eigenvalue weighted by Gasteiger charge is -2.24. The quantitative estimate of drug-likeness (QED) is 0.831. The maximum atomic E-state index is 5.74. The molecule has 1 aromatic carbocycles. The molecular weight excluding hydrogens is 224 g/mol. The molecule has 1 atom stereocenters. The number of nitrogens with zero attached hydrogens (tertiary/aromatic N) is 3. The fourth-order valence-electron chi connectivity index (χ4n) is 2.61. The molecule has 0 amide bonds. The largest absolute Gasteiger partial charge is 0.368 e. The Morgan fingerprint density at radius 1 is 1.28 bits per heavy atom. The fourth-order valence-corrected chi connectivity index (χ4v) is 2.61. The fraction of sp³-hybridized carbons (Fsp3) is 0.286. The van der Waals surface area contributed by atoms with Crippen molar-refractivity contribution in [2.45, 2.75) is 26.3 Å². The number of nitrogen functional groups attached to an aromatic ring is 1. The van der Waals surface area contributed by atoms with Gasteiger partial charge in [-0.3, -0.25) is 0 Å². The van der Waals surface area contributed by atoms with Crippen molar-refractivity contribution < 1.29 is 0 Å². The Labute approximate surface area is 106 Å². The number of rotatable bonds is 1. The first-order valence-corrected chi connectivity index (χ1v) is 6.13. The summed E-state index contributed by atoms with van der Waals surface area (Å²) in [5, 5.41) is 0. The van der Waals surface area contributed by atoms with E-state index >= 15 is 0 Å². The van der Waals surface area contributed by atoms with Gasteiger partial charge in [0.2, 0.25) is 5.95 Å². The lowest BCUT2D eigenvalue weighted by molar-refractivity contribution is 0.749. The number of benzene rings is 1. The van der Waals surface area contributed by atoms with Crippen molar-refractivity contribution in [3.05, 3.63) is 41.6 Å². The van der Waals surface area contributed by atoms with Crippen LogP contribution in [-0.4, -0.2) is 16.0 Å². The second kappa shape index (κ2) is 3.98. The van der Waals surface area contributed by atoms with Crippen molar-refractivity contribution in [2.75, 3.05) is 10.6 Å². The number of aromatic nitrogens is 2. The highest BCUT2D eigenvalue weighted by Gasteiger charge is 2.27. The van der Waals surface area contributed by atoms with Crippen LogP contribution in [0.15, 0.2) is 30.3 Å². The van der Waals surface area contributed by atoms with E-state index in [1.165, 1.54) is 11.3 Å². The lowest BCUT2D eigenvalue weighted by Crippen LogP contribution is -2.25. The molecule has 2 aromatic rings. The van der Waals surface area contributed by atoms with Gasteiger partial charge in [-0.15, -0.1) is 0 Å². The van der Waals surface area contributed by atoms with Crippen LogP contribution in [0.4, 0.5) is 17.5 Å². The average Bonchev–Trinajstić information content (AvgIpc) is 2.63. The topological polar surface area (TPSA) is 55.0 Å². The van der Waals surface area contributed by atoms with E-state index in [-0.39, 0.29) is 0 Å². The van der Waals surface area contributed by atoms with E-state index in [2.05, 4.69) is 46.1 Å². The second-order valence-corrected chi connectivity index (χ2v) is 4.78. The molecule has 2 heterocycles. The first kappa shape index (κ1) is 11.0. The molecular formula is C14H16N4. The van der Waals surface area contributed by atoms with Crippen molar-refractivity contribution >= 4 is 17.5 Å². The van der Waals surface area contributed by atoms with Crippen molar-refractivity contribution in [3.8, 4) is 0 Å². The van der Waals surface area contributed by atoms with Crippen LogP contribution in [-0.2, 0) is 6.42 Å². The summed E-state index contributed by atoms with van der Waals surface area (Å²) < 4.78 is 0. The highest BCUT2D eigenvalue weighted by Crippen LogP contribution is 2.37. The summed E-state index contributed by atoms with van der Waals surface area (Å²) in [5.74, 6) is 1.22. The lowest BCUT2D eigenvalue weighted by atomic mass is 10.1. The summed E-state index contributed by atoms with van der Waals surface area (Å²) in [6.07, 6.45) is 1.04. The molecule has 3 rings (SSSR count). The van der Waals surface area contributed by atoms with Crippen molar-refractivity contribution in [1.82, 2.24) is 9.97 Å². The summed E-state index contributed by atoms with van der Waals surface area (Å²) >= 11 is 0. The molecule has 92 valence electrons. The van der Waals surface area contributed by atoms with Gasteiger partial charge in [0.25, 0.3) is 0 Å². The molecule has 0 aliphatic carbocycles. The minimum absolute atomic E-state index is 0.335. The summed E-state index contributed by atoms with van der Waals surface area (Å²) in [6.45, 7) is 4.14. The summed E-state index contributed by atoms with van der Waals surface area (Å²) in [7, 11) is 0. The molecule has 1 aliphatic heterocycles. The van der Waals surface area contributed by atoms with Gasteiger partial charge in [-0.1, -0.05) is 18.2 Å². The normalized spacial score (nSPS) is 17.9. The Balaban J connectivity index is 2.11. The predicted molar refractivity (Wildman–Crippen MR) is 72.9 cm³/mol. The molecule has 0 radical (unpaired) electrons. The van der Waals surface area contributed by atoms with E-state index in [9.17, 15) is 0 Å². The first-order valence-electron chi connectivity index (χ1n) is 6.13. The molecule has 4 nitrogen and oxygen atoms in total. The van der Waals surface area contributed by atoms with Gasteiger partial charge in [-0.2, -0.15) is 4.98 Å². The first-order chi connectivity index (χ1) is 8.65.